The molecule has 0 saturated carbocycles. The van der Waals surface area contributed by atoms with Gasteiger partial charge in [-0.2, -0.15) is 0 Å². The van der Waals surface area contributed by atoms with Crippen LogP contribution in [0.3, 0.4) is 0 Å². The van der Waals surface area contributed by atoms with Crippen molar-refractivity contribution in [2.75, 3.05) is 13.6 Å². The largest absolute Gasteiger partial charge is 0.360 e. The van der Waals surface area contributed by atoms with Crippen LogP contribution in [0, 0.1) is 11.8 Å². The lowest BCUT2D eigenvalue weighted by Gasteiger charge is -1.93. The summed E-state index contributed by atoms with van der Waals surface area (Å²) >= 11 is 0. The highest BCUT2D eigenvalue weighted by molar-refractivity contribution is 5.97. The number of benzene rings is 1. The number of fused-ring (bicyclic) bond motifs is 1. The van der Waals surface area contributed by atoms with E-state index in [0.29, 0.717) is 12.1 Å². The number of aromatic nitrogens is 1. The van der Waals surface area contributed by atoms with E-state index in [0.717, 1.165) is 22.8 Å². The van der Waals surface area contributed by atoms with Crippen LogP contribution < -0.4 is 5.32 Å². The second-order valence-corrected chi connectivity index (χ2v) is 3.45. The van der Waals surface area contributed by atoms with E-state index in [4.69, 9.17) is 0 Å². The molecule has 2 aromatic rings. The normalized spacial score (nSPS) is 9.81. The number of aromatic amines is 1. The number of hydrogen-bond donors (Lipinski definition) is 2. The van der Waals surface area contributed by atoms with Gasteiger partial charge >= 0.3 is 0 Å². The van der Waals surface area contributed by atoms with Gasteiger partial charge in [-0.3, -0.25) is 4.79 Å². The molecule has 2 rings (SSSR count). The molecule has 1 aromatic heterocycles. The van der Waals surface area contributed by atoms with Gasteiger partial charge in [0.2, 0.25) is 0 Å². The maximum atomic E-state index is 10.8. The molecule has 16 heavy (non-hydrogen) atoms. The third kappa shape index (κ3) is 1.97. The molecule has 0 radical (unpaired) electrons. The Balaban J connectivity index is 2.43. The average Bonchev–Trinajstić information content (AvgIpc) is 2.71. The van der Waals surface area contributed by atoms with Crippen molar-refractivity contribution in [1.29, 1.82) is 0 Å². The SMILES string of the molecule is CNCC#Cc1ccc2[nH]cc(C=O)c2c1. The molecule has 0 fully saturated rings. The van der Waals surface area contributed by atoms with E-state index in [1.54, 1.807) is 6.20 Å². The summed E-state index contributed by atoms with van der Waals surface area (Å²) in [5.41, 5.74) is 2.55. The second-order valence-electron chi connectivity index (χ2n) is 3.45. The summed E-state index contributed by atoms with van der Waals surface area (Å²) in [5, 5.41) is 3.88. The average molecular weight is 212 g/mol. The van der Waals surface area contributed by atoms with Crippen LogP contribution in [0.25, 0.3) is 10.9 Å². The van der Waals surface area contributed by atoms with Gasteiger partial charge in [-0.15, -0.1) is 0 Å². The smallest absolute Gasteiger partial charge is 0.152 e. The van der Waals surface area contributed by atoms with Crippen molar-refractivity contribution in [3.8, 4) is 11.8 Å². The molecule has 0 amide bonds. The minimum atomic E-state index is 0.658. The zero-order valence-electron chi connectivity index (χ0n) is 9.00. The fourth-order valence-corrected chi connectivity index (χ4v) is 1.55. The van der Waals surface area contributed by atoms with E-state index in [1.807, 2.05) is 25.2 Å². The maximum Gasteiger partial charge on any atom is 0.152 e. The molecule has 1 aromatic carbocycles. The lowest BCUT2D eigenvalue weighted by molar-refractivity contribution is 0.112. The lowest BCUT2D eigenvalue weighted by atomic mass is 10.1. The molecule has 0 saturated heterocycles. The summed E-state index contributed by atoms with van der Waals surface area (Å²) in [6, 6.07) is 5.81. The van der Waals surface area contributed by atoms with Crippen LogP contribution in [-0.2, 0) is 0 Å². The molecule has 3 heteroatoms. The van der Waals surface area contributed by atoms with E-state index in [2.05, 4.69) is 22.1 Å². The maximum absolute atomic E-state index is 10.8. The van der Waals surface area contributed by atoms with E-state index in [-0.39, 0.29) is 0 Å². The third-order valence-corrected chi connectivity index (χ3v) is 2.34. The fourth-order valence-electron chi connectivity index (χ4n) is 1.55. The van der Waals surface area contributed by atoms with E-state index in [1.165, 1.54) is 0 Å². The summed E-state index contributed by atoms with van der Waals surface area (Å²) < 4.78 is 0. The zero-order valence-corrected chi connectivity index (χ0v) is 9.00. The Labute approximate surface area is 93.9 Å². The number of carbonyl (C=O) groups excluding carboxylic acids is 1. The number of H-pyrrole nitrogens is 1. The molecular formula is C13H12N2O. The molecule has 3 nitrogen and oxygen atoms in total. The molecule has 0 atom stereocenters. The molecule has 0 aliphatic rings. The number of rotatable bonds is 2. The van der Waals surface area contributed by atoms with Crippen molar-refractivity contribution in [2.45, 2.75) is 0 Å². The first-order valence-corrected chi connectivity index (χ1v) is 5.05. The highest BCUT2D eigenvalue weighted by atomic mass is 16.1. The molecule has 2 N–H and O–H groups in total. The van der Waals surface area contributed by atoms with E-state index in [9.17, 15) is 4.79 Å². The van der Waals surface area contributed by atoms with Gasteiger partial charge in [-0.1, -0.05) is 11.8 Å². The highest BCUT2D eigenvalue weighted by Crippen LogP contribution is 2.17. The second kappa shape index (κ2) is 4.65. The van der Waals surface area contributed by atoms with Crippen molar-refractivity contribution < 1.29 is 4.79 Å². The first kappa shape index (κ1) is 10.5. The molecule has 0 aliphatic carbocycles. The summed E-state index contributed by atoms with van der Waals surface area (Å²) in [6.07, 6.45) is 2.56. The molecule has 80 valence electrons. The minimum absolute atomic E-state index is 0.658. The third-order valence-electron chi connectivity index (χ3n) is 2.34. The standard InChI is InChI=1S/C13H12N2O/c1-14-6-2-3-10-4-5-13-12(7-10)11(9-16)8-15-13/h4-5,7-9,14-15H,6H2,1H3. The van der Waals surface area contributed by atoms with E-state index >= 15 is 0 Å². The Morgan fingerprint density at radius 1 is 1.50 bits per heavy atom. The number of hydrogen-bond acceptors (Lipinski definition) is 2. The first-order chi connectivity index (χ1) is 7.85. The van der Waals surface area contributed by atoms with Gasteiger partial charge in [0.25, 0.3) is 0 Å². The van der Waals surface area contributed by atoms with Crippen molar-refractivity contribution >= 4 is 17.2 Å². The summed E-state index contributed by atoms with van der Waals surface area (Å²) in [7, 11) is 1.86. The summed E-state index contributed by atoms with van der Waals surface area (Å²) in [4.78, 5) is 13.8. The van der Waals surface area contributed by atoms with E-state index < -0.39 is 0 Å². The predicted molar refractivity (Wildman–Crippen MR) is 64.5 cm³/mol. The summed E-state index contributed by atoms with van der Waals surface area (Å²) in [5.74, 6) is 6.02. The Bertz CT molecular complexity index is 572. The predicted octanol–water partition coefficient (Wildman–Crippen LogP) is 1.55. The summed E-state index contributed by atoms with van der Waals surface area (Å²) in [6.45, 7) is 0.658. The molecule has 0 spiro atoms. The van der Waals surface area contributed by atoms with Crippen LogP contribution in [-0.4, -0.2) is 24.9 Å². The van der Waals surface area contributed by atoms with Gasteiger partial charge in [0.15, 0.2) is 6.29 Å². The number of carbonyl (C=O) groups is 1. The quantitative estimate of drug-likeness (QED) is 0.586. The Kier molecular flexibility index (Phi) is 3.04. The van der Waals surface area contributed by atoms with Gasteiger partial charge < -0.3 is 10.3 Å². The van der Waals surface area contributed by atoms with Gasteiger partial charge in [0.05, 0.1) is 6.54 Å². The van der Waals surface area contributed by atoms with Gasteiger partial charge in [0.1, 0.15) is 0 Å². The van der Waals surface area contributed by atoms with Crippen molar-refractivity contribution in [1.82, 2.24) is 10.3 Å². The topological polar surface area (TPSA) is 44.9 Å². The Morgan fingerprint density at radius 2 is 2.38 bits per heavy atom. The Morgan fingerprint density at radius 3 is 3.12 bits per heavy atom. The fraction of sp³-hybridized carbons (Fsp3) is 0.154. The van der Waals surface area contributed by atoms with Gasteiger partial charge in [0, 0.05) is 28.2 Å². The molecular weight excluding hydrogens is 200 g/mol. The van der Waals surface area contributed by atoms with Gasteiger partial charge in [-0.25, -0.2) is 0 Å². The van der Waals surface area contributed by atoms with Gasteiger partial charge in [-0.05, 0) is 25.2 Å². The van der Waals surface area contributed by atoms with Crippen LogP contribution in [0.4, 0.5) is 0 Å². The lowest BCUT2D eigenvalue weighted by Crippen LogP contribution is -2.04. The minimum Gasteiger partial charge on any atom is -0.360 e. The molecule has 0 aliphatic heterocycles. The molecule has 0 unspecified atom stereocenters. The van der Waals surface area contributed by atoms with Crippen LogP contribution >= 0.6 is 0 Å². The first-order valence-electron chi connectivity index (χ1n) is 5.05. The monoisotopic (exact) mass is 212 g/mol. The zero-order chi connectivity index (χ0) is 11.4. The van der Waals surface area contributed by atoms with Crippen molar-refractivity contribution in [2.24, 2.45) is 0 Å². The van der Waals surface area contributed by atoms with Crippen molar-refractivity contribution in [3.63, 3.8) is 0 Å². The Hall–Kier alpha value is -2.05. The molecule has 1 heterocycles. The highest BCUT2D eigenvalue weighted by Gasteiger charge is 2.02. The molecule has 0 bridgehead atoms. The van der Waals surface area contributed by atoms with Crippen LogP contribution in [0.5, 0.6) is 0 Å². The van der Waals surface area contributed by atoms with Crippen molar-refractivity contribution in [3.05, 3.63) is 35.5 Å². The number of nitrogens with one attached hydrogen (secondary N) is 2. The van der Waals surface area contributed by atoms with Crippen LogP contribution in [0.2, 0.25) is 0 Å². The van der Waals surface area contributed by atoms with Crippen LogP contribution in [0.1, 0.15) is 15.9 Å². The number of aldehydes is 1. The van der Waals surface area contributed by atoms with Crippen LogP contribution in [0.15, 0.2) is 24.4 Å².